The Morgan fingerprint density at radius 1 is 1.21 bits per heavy atom. The summed E-state index contributed by atoms with van der Waals surface area (Å²) < 4.78 is 20.4. The highest BCUT2D eigenvalue weighted by molar-refractivity contribution is 5.58. The van der Waals surface area contributed by atoms with Crippen LogP contribution in [0, 0.1) is 5.82 Å². The van der Waals surface area contributed by atoms with E-state index in [1.807, 2.05) is 0 Å². The van der Waals surface area contributed by atoms with Crippen LogP contribution >= 0.6 is 0 Å². The zero-order valence-electron chi connectivity index (χ0n) is 9.82. The van der Waals surface area contributed by atoms with Gasteiger partial charge in [0.15, 0.2) is 5.76 Å². The molecule has 0 saturated heterocycles. The second-order valence-corrected chi connectivity index (χ2v) is 3.88. The summed E-state index contributed by atoms with van der Waals surface area (Å²) in [4.78, 5) is 0. The van der Waals surface area contributed by atoms with E-state index in [1.165, 1.54) is 17.0 Å². The zero-order chi connectivity index (χ0) is 13.2. The van der Waals surface area contributed by atoms with Crippen molar-refractivity contribution >= 4 is 0 Å². The standard InChI is InChI=1S/C13H10FN3O2/c14-9-4-1-2-5-11(9)17-13(10(8-18)15-16-17)12-6-3-7-19-12/h1-7,18H,8H2. The fourth-order valence-corrected chi connectivity index (χ4v) is 1.87. The molecule has 0 aliphatic heterocycles. The summed E-state index contributed by atoms with van der Waals surface area (Å²) in [6, 6.07) is 9.61. The number of aromatic nitrogens is 3. The van der Waals surface area contributed by atoms with E-state index < -0.39 is 5.82 Å². The predicted molar refractivity (Wildman–Crippen MR) is 64.9 cm³/mol. The molecule has 3 aromatic rings. The summed E-state index contributed by atoms with van der Waals surface area (Å²) in [5, 5.41) is 17.0. The Kier molecular flexibility index (Phi) is 2.85. The number of benzene rings is 1. The first-order valence-corrected chi connectivity index (χ1v) is 5.65. The minimum atomic E-state index is -0.426. The second kappa shape index (κ2) is 4.66. The van der Waals surface area contributed by atoms with Gasteiger partial charge in [0, 0.05) is 0 Å². The van der Waals surface area contributed by atoms with Crippen LogP contribution in [0.3, 0.4) is 0 Å². The van der Waals surface area contributed by atoms with Crippen molar-refractivity contribution in [1.82, 2.24) is 15.0 Å². The highest BCUT2D eigenvalue weighted by Crippen LogP contribution is 2.26. The number of furan rings is 1. The number of aliphatic hydroxyl groups is 1. The lowest BCUT2D eigenvalue weighted by Crippen LogP contribution is -2.02. The number of hydrogen-bond acceptors (Lipinski definition) is 4. The minimum absolute atomic E-state index is 0.251. The summed E-state index contributed by atoms with van der Waals surface area (Å²) >= 11 is 0. The van der Waals surface area contributed by atoms with Gasteiger partial charge >= 0.3 is 0 Å². The van der Waals surface area contributed by atoms with Gasteiger partial charge in [-0.05, 0) is 24.3 Å². The molecule has 2 aromatic heterocycles. The van der Waals surface area contributed by atoms with Gasteiger partial charge in [0.25, 0.3) is 0 Å². The maximum Gasteiger partial charge on any atom is 0.154 e. The first-order valence-electron chi connectivity index (χ1n) is 5.65. The fraction of sp³-hybridized carbons (Fsp3) is 0.0769. The predicted octanol–water partition coefficient (Wildman–Crippen LogP) is 2.16. The van der Waals surface area contributed by atoms with Gasteiger partial charge in [0.05, 0.1) is 12.9 Å². The Bertz CT molecular complexity index is 692. The molecule has 0 amide bonds. The second-order valence-electron chi connectivity index (χ2n) is 3.88. The third-order valence-electron chi connectivity index (χ3n) is 2.73. The van der Waals surface area contributed by atoms with Crippen molar-refractivity contribution in [1.29, 1.82) is 0 Å². The third-order valence-corrected chi connectivity index (χ3v) is 2.73. The van der Waals surface area contributed by atoms with Crippen LogP contribution in [0.1, 0.15) is 5.69 Å². The van der Waals surface area contributed by atoms with Gasteiger partial charge in [-0.25, -0.2) is 9.07 Å². The smallest absolute Gasteiger partial charge is 0.154 e. The van der Waals surface area contributed by atoms with Crippen molar-refractivity contribution < 1.29 is 13.9 Å². The van der Waals surface area contributed by atoms with Gasteiger partial charge in [-0.3, -0.25) is 0 Å². The van der Waals surface area contributed by atoms with Crippen molar-refractivity contribution in [2.45, 2.75) is 6.61 Å². The number of halogens is 1. The topological polar surface area (TPSA) is 64.1 Å². The van der Waals surface area contributed by atoms with E-state index in [0.29, 0.717) is 17.1 Å². The average Bonchev–Trinajstić information content (AvgIpc) is 3.07. The lowest BCUT2D eigenvalue weighted by molar-refractivity contribution is 0.277. The number of aliphatic hydroxyl groups excluding tert-OH is 1. The molecule has 1 N–H and O–H groups in total. The molecule has 3 rings (SSSR count). The summed E-state index contributed by atoms with van der Waals surface area (Å²) in [5.74, 6) is 0.0435. The highest BCUT2D eigenvalue weighted by Gasteiger charge is 2.19. The van der Waals surface area contributed by atoms with E-state index in [0.717, 1.165) is 0 Å². The van der Waals surface area contributed by atoms with Crippen LogP contribution in [0.4, 0.5) is 4.39 Å². The van der Waals surface area contributed by atoms with Gasteiger partial charge in [-0.1, -0.05) is 17.3 Å². The van der Waals surface area contributed by atoms with Crippen molar-refractivity contribution in [2.24, 2.45) is 0 Å². The van der Waals surface area contributed by atoms with E-state index in [4.69, 9.17) is 4.42 Å². The van der Waals surface area contributed by atoms with E-state index >= 15 is 0 Å². The number of hydrogen-bond donors (Lipinski definition) is 1. The molecular weight excluding hydrogens is 249 g/mol. The zero-order valence-corrected chi connectivity index (χ0v) is 9.82. The van der Waals surface area contributed by atoms with Crippen molar-refractivity contribution in [2.75, 3.05) is 0 Å². The molecule has 2 heterocycles. The van der Waals surface area contributed by atoms with E-state index in [1.54, 1.807) is 30.3 Å². The van der Waals surface area contributed by atoms with Crippen LogP contribution in [0.25, 0.3) is 17.1 Å². The molecule has 6 heteroatoms. The van der Waals surface area contributed by atoms with Crippen molar-refractivity contribution in [3.63, 3.8) is 0 Å². The van der Waals surface area contributed by atoms with Crippen molar-refractivity contribution in [3.05, 3.63) is 54.2 Å². The fourth-order valence-electron chi connectivity index (χ4n) is 1.87. The van der Waals surface area contributed by atoms with Crippen LogP contribution in [0.15, 0.2) is 47.1 Å². The largest absolute Gasteiger partial charge is 0.463 e. The third kappa shape index (κ3) is 1.92. The van der Waals surface area contributed by atoms with Crippen LogP contribution in [0.2, 0.25) is 0 Å². The molecule has 5 nitrogen and oxygen atoms in total. The Hall–Kier alpha value is -2.47. The first kappa shape index (κ1) is 11.6. The van der Waals surface area contributed by atoms with Gasteiger partial charge in [-0.2, -0.15) is 0 Å². The normalized spacial score (nSPS) is 10.8. The quantitative estimate of drug-likeness (QED) is 0.782. The molecule has 0 fully saturated rings. The van der Waals surface area contributed by atoms with Crippen LogP contribution in [-0.2, 0) is 6.61 Å². The Morgan fingerprint density at radius 2 is 2.05 bits per heavy atom. The van der Waals surface area contributed by atoms with Gasteiger partial charge in [-0.15, -0.1) is 5.10 Å². The molecular formula is C13H10FN3O2. The van der Waals surface area contributed by atoms with Crippen LogP contribution in [0.5, 0.6) is 0 Å². The molecule has 0 atom stereocenters. The van der Waals surface area contributed by atoms with Crippen LogP contribution < -0.4 is 0 Å². The Morgan fingerprint density at radius 3 is 2.74 bits per heavy atom. The van der Waals surface area contributed by atoms with Gasteiger partial charge < -0.3 is 9.52 Å². The Labute approximate surface area is 107 Å². The SMILES string of the molecule is OCc1nnn(-c2ccccc2F)c1-c1ccco1. The summed E-state index contributed by atoms with van der Waals surface area (Å²) in [6.45, 7) is -0.301. The van der Waals surface area contributed by atoms with Gasteiger partial charge in [0.2, 0.25) is 0 Å². The average molecular weight is 259 g/mol. The van der Waals surface area contributed by atoms with E-state index in [2.05, 4.69) is 10.3 Å². The molecule has 0 aliphatic carbocycles. The molecule has 0 saturated carbocycles. The monoisotopic (exact) mass is 259 g/mol. The molecule has 0 bridgehead atoms. The number of rotatable bonds is 3. The first-order chi connectivity index (χ1) is 9.31. The van der Waals surface area contributed by atoms with E-state index in [-0.39, 0.29) is 12.3 Å². The molecule has 96 valence electrons. The number of para-hydroxylation sites is 1. The summed E-state index contributed by atoms with van der Waals surface area (Å²) in [7, 11) is 0. The maximum atomic E-state index is 13.8. The van der Waals surface area contributed by atoms with Crippen LogP contribution in [-0.4, -0.2) is 20.1 Å². The maximum absolute atomic E-state index is 13.8. The molecule has 0 aliphatic rings. The van der Waals surface area contributed by atoms with Gasteiger partial charge in [0.1, 0.15) is 22.9 Å². The molecule has 19 heavy (non-hydrogen) atoms. The van der Waals surface area contributed by atoms with E-state index in [9.17, 15) is 9.50 Å². The minimum Gasteiger partial charge on any atom is -0.463 e. The lowest BCUT2D eigenvalue weighted by Gasteiger charge is -2.06. The lowest BCUT2D eigenvalue weighted by atomic mass is 10.2. The highest BCUT2D eigenvalue weighted by atomic mass is 19.1. The van der Waals surface area contributed by atoms with Crippen molar-refractivity contribution in [3.8, 4) is 17.1 Å². The molecule has 0 unspecified atom stereocenters. The summed E-state index contributed by atoms with van der Waals surface area (Å²) in [6.07, 6.45) is 1.50. The Balaban J connectivity index is 2.23. The molecule has 0 radical (unpaired) electrons. The molecule has 1 aromatic carbocycles. The summed E-state index contributed by atoms with van der Waals surface area (Å²) in [5.41, 5.74) is 1.02. The number of nitrogens with zero attached hydrogens (tertiary/aromatic N) is 3. The molecule has 0 spiro atoms.